The minimum atomic E-state index is 0.255. The fourth-order valence-electron chi connectivity index (χ4n) is 2.06. The molecule has 1 unspecified atom stereocenters. The number of likely N-dealkylation sites (N-methyl/N-ethyl adjacent to an activating group) is 1. The minimum absolute atomic E-state index is 0.255. The van der Waals surface area contributed by atoms with Gasteiger partial charge in [0.1, 0.15) is 5.76 Å². The first-order chi connectivity index (χ1) is 8.35. The quantitative estimate of drug-likeness (QED) is 0.862. The van der Waals surface area contributed by atoms with Crippen molar-refractivity contribution < 1.29 is 4.74 Å². The van der Waals surface area contributed by atoms with E-state index in [-0.39, 0.29) is 6.04 Å². The molecule has 94 valence electrons. The highest BCUT2D eigenvalue weighted by Crippen LogP contribution is 2.31. The number of ether oxygens (including phenoxy) is 1. The number of thiophene rings is 1. The van der Waals surface area contributed by atoms with Gasteiger partial charge >= 0.3 is 0 Å². The van der Waals surface area contributed by atoms with Crippen LogP contribution in [0.2, 0.25) is 0 Å². The van der Waals surface area contributed by atoms with Crippen molar-refractivity contribution in [2.45, 2.75) is 39.2 Å². The lowest BCUT2D eigenvalue weighted by molar-refractivity contribution is 0.169. The number of aryl methyl sites for hydroxylation is 1. The van der Waals surface area contributed by atoms with Crippen molar-refractivity contribution in [3.8, 4) is 0 Å². The Hall–Kier alpha value is -0.800. The van der Waals surface area contributed by atoms with Crippen LogP contribution >= 0.6 is 11.3 Å². The topological polar surface area (TPSA) is 21.3 Å². The lowest BCUT2D eigenvalue weighted by atomic mass is 10.1. The van der Waals surface area contributed by atoms with Gasteiger partial charge in [-0.2, -0.15) is 0 Å². The Morgan fingerprint density at radius 1 is 1.41 bits per heavy atom. The van der Waals surface area contributed by atoms with E-state index in [0.29, 0.717) is 0 Å². The van der Waals surface area contributed by atoms with Gasteiger partial charge in [-0.3, -0.25) is 0 Å². The smallest absolute Gasteiger partial charge is 0.114 e. The molecule has 0 aromatic carbocycles. The molecule has 0 aliphatic carbocycles. The van der Waals surface area contributed by atoms with Crippen molar-refractivity contribution in [2.24, 2.45) is 0 Å². The lowest BCUT2D eigenvalue weighted by Crippen LogP contribution is -2.24. The Morgan fingerprint density at radius 3 is 2.88 bits per heavy atom. The summed E-state index contributed by atoms with van der Waals surface area (Å²) < 4.78 is 5.80. The zero-order chi connectivity index (χ0) is 12.1. The predicted molar refractivity (Wildman–Crippen MR) is 73.4 cm³/mol. The Bertz CT molecular complexity index is 383. The zero-order valence-corrected chi connectivity index (χ0v) is 11.5. The second-order valence-corrected chi connectivity index (χ2v) is 5.45. The van der Waals surface area contributed by atoms with Gasteiger partial charge in [-0.05, 0) is 44.0 Å². The average molecular weight is 251 g/mol. The summed E-state index contributed by atoms with van der Waals surface area (Å²) in [6.07, 6.45) is 5.64. The molecule has 0 amide bonds. The highest BCUT2D eigenvalue weighted by Gasteiger charge is 2.20. The monoisotopic (exact) mass is 251 g/mol. The van der Waals surface area contributed by atoms with E-state index in [9.17, 15) is 0 Å². The van der Waals surface area contributed by atoms with E-state index in [4.69, 9.17) is 4.74 Å². The van der Waals surface area contributed by atoms with Gasteiger partial charge in [-0.25, -0.2) is 0 Å². The molecule has 1 aliphatic rings. The standard InChI is InChI=1S/C14H21NOS/c1-3-11-8-9-13(17-11)14(15-4-2)12-7-5-6-10-16-12/h7-9,14-15H,3-6,10H2,1-2H3. The second-order valence-electron chi connectivity index (χ2n) is 4.25. The Labute approximate surface area is 108 Å². The van der Waals surface area contributed by atoms with Gasteiger partial charge in [0.2, 0.25) is 0 Å². The van der Waals surface area contributed by atoms with Crippen LogP contribution in [0.5, 0.6) is 0 Å². The second kappa shape index (κ2) is 6.22. The number of allylic oxidation sites excluding steroid dienone is 1. The summed E-state index contributed by atoms with van der Waals surface area (Å²) in [5.74, 6) is 1.11. The number of nitrogens with one attached hydrogen (secondary N) is 1. The molecular formula is C14H21NOS. The van der Waals surface area contributed by atoms with Gasteiger partial charge in [0.25, 0.3) is 0 Å². The molecule has 17 heavy (non-hydrogen) atoms. The van der Waals surface area contributed by atoms with Gasteiger partial charge in [0.05, 0.1) is 12.6 Å². The van der Waals surface area contributed by atoms with E-state index in [1.165, 1.54) is 9.75 Å². The van der Waals surface area contributed by atoms with Crippen LogP contribution in [-0.4, -0.2) is 13.2 Å². The summed E-state index contributed by atoms with van der Waals surface area (Å²) in [4.78, 5) is 2.82. The maximum atomic E-state index is 5.80. The van der Waals surface area contributed by atoms with Crippen molar-refractivity contribution in [2.75, 3.05) is 13.2 Å². The number of hydrogen-bond acceptors (Lipinski definition) is 3. The molecular weight excluding hydrogens is 230 g/mol. The van der Waals surface area contributed by atoms with Crippen molar-refractivity contribution in [3.05, 3.63) is 33.7 Å². The van der Waals surface area contributed by atoms with E-state index in [0.717, 1.165) is 38.2 Å². The zero-order valence-electron chi connectivity index (χ0n) is 10.7. The molecule has 2 nitrogen and oxygen atoms in total. The molecule has 0 fully saturated rings. The van der Waals surface area contributed by atoms with Crippen LogP contribution in [0.3, 0.4) is 0 Å². The summed E-state index contributed by atoms with van der Waals surface area (Å²) in [7, 11) is 0. The van der Waals surface area contributed by atoms with Crippen LogP contribution in [0, 0.1) is 0 Å². The fourth-order valence-corrected chi connectivity index (χ4v) is 3.10. The first-order valence-corrected chi connectivity index (χ1v) is 7.31. The van der Waals surface area contributed by atoms with Crippen LogP contribution in [-0.2, 0) is 11.2 Å². The predicted octanol–water partition coefficient (Wildman–Crippen LogP) is 3.66. The highest BCUT2D eigenvalue weighted by molar-refractivity contribution is 7.12. The third kappa shape index (κ3) is 3.11. The third-order valence-corrected chi connectivity index (χ3v) is 4.27. The largest absolute Gasteiger partial charge is 0.496 e. The molecule has 3 heteroatoms. The number of hydrogen-bond donors (Lipinski definition) is 1. The fraction of sp³-hybridized carbons (Fsp3) is 0.571. The van der Waals surface area contributed by atoms with Crippen molar-refractivity contribution in [3.63, 3.8) is 0 Å². The van der Waals surface area contributed by atoms with Gasteiger partial charge in [-0.15, -0.1) is 11.3 Å². The van der Waals surface area contributed by atoms with E-state index >= 15 is 0 Å². The molecule has 0 spiro atoms. The molecule has 1 aromatic rings. The van der Waals surface area contributed by atoms with Crippen LogP contribution < -0.4 is 5.32 Å². The Morgan fingerprint density at radius 2 is 2.29 bits per heavy atom. The molecule has 1 aliphatic heterocycles. The molecule has 0 bridgehead atoms. The highest BCUT2D eigenvalue weighted by atomic mass is 32.1. The molecule has 1 atom stereocenters. The van der Waals surface area contributed by atoms with Crippen molar-refractivity contribution >= 4 is 11.3 Å². The van der Waals surface area contributed by atoms with Crippen LogP contribution in [0.4, 0.5) is 0 Å². The summed E-state index contributed by atoms with van der Waals surface area (Å²) in [6, 6.07) is 4.72. The molecule has 0 saturated carbocycles. The summed E-state index contributed by atoms with van der Waals surface area (Å²) >= 11 is 1.89. The molecule has 2 rings (SSSR count). The molecule has 0 saturated heterocycles. The molecule has 0 radical (unpaired) electrons. The van der Waals surface area contributed by atoms with E-state index in [1.54, 1.807) is 0 Å². The minimum Gasteiger partial charge on any atom is -0.496 e. The van der Waals surface area contributed by atoms with Crippen molar-refractivity contribution in [1.29, 1.82) is 0 Å². The van der Waals surface area contributed by atoms with E-state index in [2.05, 4.69) is 37.4 Å². The van der Waals surface area contributed by atoms with Crippen LogP contribution in [0.1, 0.15) is 42.5 Å². The van der Waals surface area contributed by atoms with Crippen LogP contribution in [0.25, 0.3) is 0 Å². The van der Waals surface area contributed by atoms with E-state index in [1.807, 2.05) is 11.3 Å². The van der Waals surface area contributed by atoms with Gasteiger partial charge in [0, 0.05) is 9.75 Å². The molecule has 1 N–H and O–H groups in total. The van der Waals surface area contributed by atoms with Gasteiger partial charge < -0.3 is 10.1 Å². The summed E-state index contributed by atoms with van der Waals surface area (Å²) in [6.45, 7) is 6.17. The Balaban J connectivity index is 2.18. The summed E-state index contributed by atoms with van der Waals surface area (Å²) in [5, 5.41) is 3.52. The SMILES string of the molecule is CCNC(C1=CCCCO1)c1ccc(CC)s1. The Kier molecular flexibility index (Phi) is 4.63. The maximum absolute atomic E-state index is 5.80. The lowest BCUT2D eigenvalue weighted by Gasteiger charge is -2.23. The maximum Gasteiger partial charge on any atom is 0.114 e. The average Bonchev–Trinajstić information content (AvgIpc) is 2.85. The third-order valence-electron chi connectivity index (χ3n) is 2.97. The van der Waals surface area contributed by atoms with Gasteiger partial charge in [-0.1, -0.05) is 13.8 Å². The summed E-state index contributed by atoms with van der Waals surface area (Å²) in [5.41, 5.74) is 0. The number of rotatable bonds is 5. The first-order valence-electron chi connectivity index (χ1n) is 6.50. The van der Waals surface area contributed by atoms with E-state index < -0.39 is 0 Å². The first kappa shape index (κ1) is 12.7. The molecule has 2 heterocycles. The normalized spacial score (nSPS) is 17.4. The van der Waals surface area contributed by atoms with Crippen LogP contribution in [0.15, 0.2) is 24.0 Å². The molecule has 1 aromatic heterocycles. The van der Waals surface area contributed by atoms with Gasteiger partial charge in [0.15, 0.2) is 0 Å². The van der Waals surface area contributed by atoms with Crippen molar-refractivity contribution in [1.82, 2.24) is 5.32 Å².